The molecular formula is C34H43N3O4. The minimum Gasteiger partial charge on any atom is -0.469 e. The van der Waals surface area contributed by atoms with Gasteiger partial charge in [0.05, 0.1) is 21.0 Å². The highest BCUT2D eigenvalue weighted by molar-refractivity contribution is 6.09. The number of fused-ring (bicyclic) bond motifs is 2. The normalized spacial score (nSPS) is 20.7. The minimum atomic E-state index is -0.876. The average Bonchev–Trinajstić information content (AvgIpc) is 3.04. The third-order valence-electron chi connectivity index (χ3n) is 7.38. The van der Waals surface area contributed by atoms with Gasteiger partial charge in [-0.3, -0.25) is 14.6 Å². The first-order chi connectivity index (χ1) is 22.3. The monoisotopic (exact) mass is 563 g/mol. The number of rotatable bonds is 11. The lowest BCUT2D eigenvalue weighted by atomic mass is 9.73. The fourth-order valence-electron chi connectivity index (χ4n) is 5.27. The number of anilines is 1. The van der Waals surface area contributed by atoms with Crippen molar-refractivity contribution in [3.05, 3.63) is 82.0 Å². The molecule has 0 aromatic heterocycles. The summed E-state index contributed by atoms with van der Waals surface area (Å²) in [6.07, 6.45) is 3.98. The van der Waals surface area contributed by atoms with Crippen LogP contribution in [0, 0.1) is 12.8 Å². The molecule has 1 N–H and O–H groups in total. The van der Waals surface area contributed by atoms with Gasteiger partial charge in [-0.05, 0) is 69.3 Å². The first kappa shape index (κ1) is 22.8. The maximum atomic E-state index is 14.2. The average molecular weight is 564 g/mol. The molecule has 218 valence electrons. The summed E-state index contributed by atoms with van der Waals surface area (Å²) in [6, 6.07) is 0.127. The van der Waals surface area contributed by atoms with Gasteiger partial charge in [0.2, 0.25) is 0 Å². The second-order valence-electron chi connectivity index (χ2n) is 10.3. The maximum Gasteiger partial charge on any atom is 0.305 e. The number of nitrogens with one attached hydrogen (secondary N) is 1. The molecule has 0 radical (unpaired) electrons. The number of benzene rings is 2. The van der Waals surface area contributed by atoms with E-state index in [4.69, 9.17) is 17.7 Å². The summed E-state index contributed by atoms with van der Waals surface area (Å²) in [5.74, 6) is -2.07. The Bertz CT molecular complexity index is 1690. The van der Waals surface area contributed by atoms with Crippen LogP contribution in [0.15, 0.2) is 64.7 Å². The van der Waals surface area contributed by atoms with Gasteiger partial charge in [-0.1, -0.05) is 30.6 Å². The Hall–Kier alpha value is -3.87. The van der Waals surface area contributed by atoms with Crippen LogP contribution in [0.4, 0.5) is 5.69 Å². The molecule has 2 atom stereocenters. The second kappa shape index (κ2) is 13.7. The van der Waals surface area contributed by atoms with E-state index in [0.29, 0.717) is 61.4 Å². The van der Waals surface area contributed by atoms with Gasteiger partial charge in [-0.2, -0.15) is 0 Å². The van der Waals surface area contributed by atoms with E-state index in [9.17, 15) is 9.59 Å². The summed E-state index contributed by atoms with van der Waals surface area (Å²) >= 11 is 0. The zero-order chi connectivity index (χ0) is 34.7. The Morgan fingerprint density at radius 3 is 2.66 bits per heavy atom. The SMILES string of the molecule is [2H]C1=C2Oc3c(cc(C)c(NCC)c3[2H])C(c3c([2H])c([2H])c([2H])c([2H])c3C(=O)N(C)CCCCCC(=O)OC)C2C=C(C)C1=NCC. The fourth-order valence-corrected chi connectivity index (χ4v) is 5.27. The van der Waals surface area contributed by atoms with Crippen molar-refractivity contribution in [3.63, 3.8) is 0 Å². The zero-order valence-electron chi connectivity index (χ0n) is 30.8. The van der Waals surface area contributed by atoms with Crippen LogP contribution in [-0.4, -0.2) is 56.3 Å². The van der Waals surface area contributed by atoms with Gasteiger partial charge in [0.25, 0.3) is 5.91 Å². The first-order valence-electron chi connectivity index (χ1n) is 17.2. The van der Waals surface area contributed by atoms with Crippen LogP contribution in [0.3, 0.4) is 0 Å². The molecule has 2 unspecified atom stereocenters. The molecule has 1 aliphatic carbocycles. The third-order valence-corrected chi connectivity index (χ3v) is 7.38. The van der Waals surface area contributed by atoms with Crippen LogP contribution >= 0.6 is 0 Å². The number of hydrogen-bond acceptors (Lipinski definition) is 6. The van der Waals surface area contributed by atoms with Crippen molar-refractivity contribution in [2.75, 3.05) is 39.1 Å². The Balaban J connectivity index is 1.95. The number of carbonyl (C=O) groups excluding carboxylic acids is 2. The molecule has 2 aromatic carbocycles. The standard InChI is InChI=1S/C34H43N3O4/c1-7-35-28-20-30-26(18-22(28)3)33(27-19-23(4)29(36-8-2)21-31(27)41-30)24-14-11-12-15-25(24)34(39)37(5)17-13-9-10-16-32(38)40-6/h11-12,14-15,18-21,26,33,36H,7-10,13,16-17H2,1-6H3/i11D,12D,14D,15D,20D,21D. The lowest BCUT2D eigenvalue weighted by Gasteiger charge is -2.38. The van der Waals surface area contributed by atoms with Crippen LogP contribution in [0.1, 0.15) is 87.6 Å². The highest BCUT2D eigenvalue weighted by Crippen LogP contribution is 2.50. The number of amides is 1. The molecule has 0 saturated heterocycles. The van der Waals surface area contributed by atoms with Crippen LogP contribution in [0.25, 0.3) is 0 Å². The van der Waals surface area contributed by atoms with Gasteiger partial charge < -0.3 is 19.7 Å². The summed E-state index contributed by atoms with van der Waals surface area (Å²) in [6.45, 7) is 8.76. The number of nitrogens with zero attached hydrogens (tertiary/aromatic N) is 2. The third kappa shape index (κ3) is 6.72. The number of aliphatic imine (C=N–C) groups is 1. The number of esters is 1. The van der Waals surface area contributed by atoms with Crippen molar-refractivity contribution >= 4 is 23.3 Å². The van der Waals surface area contributed by atoms with Gasteiger partial charge in [-0.25, -0.2) is 0 Å². The number of aryl methyl sites for hydroxylation is 1. The van der Waals surface area contributed by atoms with Gasteiger partial charge in [0, 0.05) is 73.8 Å². The first-order valence-corrected chi connectivity index (χ1v) is 14.2. The van der Waals surface area contributed by atoms with Crippen molar-refractivity contribution in [3.8, 4) is 5.75 Å². The summed E-state index contributed by atoms with van der Waals surface area (Å²) in [7, 11) is 2.93. The van der Waals surface area contributed by atoms with Gasteiger partial charge in [0.15, 0.2) is 0 Å². The Morgan fingerprint density at radius 2 is 1.93 bits per heavy atom. The van der Waals surface area contributed by atoms with E-state index in [1.165, 1.54) is 12.0 Å². The van der Waals surface area contributed by atoms with E-state index in [1.807, 2.05) is 39.8 Å². The molecule has 0 fully saturated rings. The molecule has 0 saturated carbocycles. The molecule has 1 aliphatic heterocycles. The van der Waals surface area contributed by atoms with Crippen LogP contribution in [0.2, 0.25) is 0 Å². The predicted molar refractivity (Wildman–Crippen MR) is 165 cm³/mol. The largest absolute Gasteiger partial charge is 0.469 e. The minimum absolute atomic E-state index is 0.0373. The molecule has 0 bridgehead atoms. The molecule has 7 heteroatoms. The van der Waals surface area contributed by atoms with E-state index in [-0.39, 0.29) is 53.2 Å². The lowest BCUT2D eigenvalue weighted by molar-refractivity contribution is -0.140. The second-order valence-corrected chi connectivity index (χ2v) is 10.3. The topological polar surface area (TPSA) is 80.2 Å². The molecule has 0 spiro atoms. The van der Waals surface area contributed by atoms with Crippen molar-refractivity contribution in [1.29, 1.82) is 0 Å². The Kier molecular flexibility index (Phi) is 7.59. The molecule has 41 heavy (non-hydrogen) atoms. The number of carbonyl (C=O) groups is 2. The highest BCUT2D eigenvalue weighted by atomic mass is 16.5. The van der Waals surface area contributed by atoms with E-state index in [1.54, 1.807) is 7.05 Å². The van der Waals surface area contributed by atoms with Gasteiger partial charge in [-0.15, -0.1) is 0 Å². The molecule has 1 amide bonds. The maximum absolute atomic E-state index is 14.2. The molecule has 1 heterocycles. The molecule has 2 aromatic rings. The van der Waals surface area contributed by atoms with Crippen molar-refractivity contribution in [1.82, 2.24) is 4.90 Å². The van der Waals surface area contributed by atoms with E-state index >= 15 is 0 Å². The fraction of sp³-hybridized carbons (Fsp3) is 0.441. The van der Waals surface area contributed by atoms with Crippen LogP contribution < -0.4 is 10.1 Å². The molecule has 7 nitrogen and oxygen atoms in total. The van der Waals surface area contributed by atoms with Crippen molar-refractivity contribution in [2.24, 2.45) is 10.9 Å². The number of methoxy groups -OCH3 is 1. The van der Waals surface area contributed by atoms with Crippen LogP contribution in [-0.2, 0) is 9.53 Å². The number of ether oxygens (including phenoxy) is 2. The van der Waals surface area contributed by atoms with E-state index < -0.39 is 35.9 Å². The number of hydrogen-bond donors (Lipinski definition) is 1. The quantitative estimate of drug-likeness (QED) is 0.244. The summed E-state index contributed by atoms with van der Waals surface area (Å²) in [5, 5.41) is 3.21. The van der Waals surface area contributed by atoms with Gasteiger partial charge >= 0.3 is 5.97 Å². The zero-order valence-corrected chi connectivity index (χ0v) is 24.8. The van der Waals surface area contributed by atoms with E-state index in [0.717, 1.165) is 5.56 Å². The smallest absolute Gasteiger partial charge is 0.305 e. The Labute approximate surface area is 252 Å². The Morgan fingerprint density at radius 1 is 1.15 bits per heavy atom. The number of allylic oxidation sites excluding steroid dienone is 3. The predicted octanol–water partition coefficient (Wildman–Crippen LogP) is 6.68. The van der Waals surface area contributed by atoms with E-state index in [2.05, 4.69) is 10.3 Å². The van der Waals surface area contributed by atoms with Crippen molar-refractivity contribution in [2.45, 2.75) is 59.3 Å². The lowest BCUT2D eigenvalue weighted by Crippen LogP contribution is -2.32. The summed E-state index contributed by atoms with van der Waals surface area (Å²) in [4.78, 5) is 31.6. The summed E-state index contributed by atoms with van der Waals surface area (Å²) in [5.41, 5.74) is 2.89. The summed E-state index contributed by atoms with van der Waals surface area (Å²) < 4.78 is 64.5. The number of unbranched alkanes of at least 4 members (excludes halogenated alkanes) is 2. The molecule has 2 aliphatic rings. The highest BCUT2D eigenvalue weighted by Gasteiger charge is 2.39. The van der Waals surface area contributed by atoms with Crippen molar-refractivity contribution < 1.29 is 27.3 Å². The van der Waals surface area contributed by atoms with Gasteiger partial charge in [0.1, 0.15) is 11.5 Å². The molecule has 4 rings (SSSR count). The van der Waals surface area contributed by atoms with Crippen LogP contribution in [0.5, 0.6) is 5.75 Å². The molecular weight excluding hydrogens is 514 g/mol.